The summed E-state index contributed by atoms with van der Waals surface area (Å²) in [6.07, 6.45) is 3.08. The number of benzene rings is 1. The van der Waals surface area contributed by atoms with E-state index in [2.05, 4.69) is 10.2 Å². The van der Waals surface area contributed by atoms with Gasteiger partial charge in [-0.3, -0.25) is 14.6 Å². The number of amides is 3. The fourth-order valence-corrected chi connectivity index (χ4v) is 4.91. The van der Waals surface area contributed by atoms with Crippen molar-refractivity contribution in [2.75, 3.05) is 39.8 Å². The Balaban J connectivity index is 1.60. The lowest BCUT2D eigenvalue weighted by Gasteiger charge is -2.44. The van der Waals surface area contributed by atoms with Crippen LogP contribution in [0.1, 0.15) is 44.7 Å². The third-order valence-corrected chi connectivity index (χ3v) is 7.10. The van der Waals surface area contributed by atoms with Crippen LogP contribution in [0.2, 0.25) is 0 Å². The summed E-state index contributed by atoms with van der Waals surface area (Å²) in [5, 5.41) is 2.85. The Bertz CT molecular complexity index is 976. The summed E-state index contributed by atoms with van der Waals surface area (Å²) < 4.78 is 18.9. The summed E-state index contributed by atoms with van der Waals surface area (Å²) in [4.78, 5) is 44.3. The van der Waals surface area contributed by atoms with Gasteiger partial charge in [-0.05, 0) is 44.4 Å². The van der Waals surface area contributed by atoms with Crippen LogP contribution in [0.3, 0.4) is 0 Å². The van der Waals surface area contributed by atoms with Gasteiger partial charge in [0.1, 0.15) is 5.82 Å². The minimum atomic E-state index is -0.739. The topological polar surface area (TPSA) is 82.2 Å². The number of halogens is 1. The highest BCUT2D eigenvalue weighted by Crippen LogP contribution is 2.33. The molecule has 9 heteroatoms. The molecule has 3 aliphatic rings. The van der Waals surface area contributed by atoms with Gasteiger partial charge in [0.15, 0.2) is 0 Å². The molecule has 0 radical (unpaired) electrons. The first-order chi connectivity index (χ1) is 16.3. The predicted molar refractivity (Wildman–Crippen MR) is 124 cm³/mol. The number of carbonyl (C=O) groups is 3. The van der Waals surface area contributed by atoms with Gasteiger partial charge in [0.2, 0.25) is 5.91 Å². The molecule has 0 spiro atoms. The van der Waals surface area contributed by atoms with E-state index in [0.29, 0.717) is 43.0 Å². The van der Waals surface area contributed by atoms with Gasteiger partial charge in [0.05, 0.1) is 18.2 Å². The fourth-order valence-electron chi connectivity index (χ4n) is 4.91. The van der Waals surface area contributed by atoms with Crippen molar-refractivity contribution >= 4 is 17.9 Å². The standard InChI is InChI=1S/C25H33FN4O4/c1-4-34-24(32)21-20(28(3)25(33)27-22(21)17-8-10-19(26)11-9-17)15-29-12-13-30(16(2)14-29)23(31)18-6-5-7-18/h8-11,16,18,22H,4-7,12-15H2,1-3H3,(H,27,33)/t16-,22+/m0/s1. The van der Waals surface area contributed by atoms with Gasteiger partial charge in [0.25, 0.3) is 0 Å². The van der Waals surface area contributed by atoms with Crippen LogP contribution >= 0.6 is 0 Å². The molecular weight excluding hydrogens is 439 g/mol. The molecule has 1 aromatic rings. The number of urea groups is 1. The van der Waals surface area contributed by atoms with E-state index in [1.165, 1.54) is 17.0 Å². The first-order valence-electron chi connectivity index (χ1n) is 12.0. The van der Waals surface area contributed by atoms with Crippen molar-refractivity contribution in [3.63, 3.8) is 0 Å². The van der Waals surface area contributed by atoms with E-state index in [1.807, 2.05) is 11.8 Å². The molecule has 34 heavy (non-hydrogen) atoms. The molecule has 1 aliphatic carbocycles. The molecule has 0 unspecified atom stereocenters. The summed E-state index contributed by atoms with van der Waals surface area (Å²) in [7, 11) is 1.63. The second kappa shape index (κ2) is 10.1. The molecule has 8 nitrogen and oxygen atoms in total. The maximum absolute atomic E-state index is 13.5. The van der Waals surface area contributed by atoms with Crippen LogP contribution in [-0.4, -0.2) is 78.5 Å². The van der Waals surface area contributed by atoms with Crippen molar-refractivity contribution in [2.24, 2.45) is 5.92 Å². The highest BCUT2D eigenvalue weighted by molar-refractivity contribution is 5.95. The summed E-state index contributed by atoms with van der Waals surface area (Å²) in [5.41, 5.74) is 1.51. The Hall–Kier alpha value is -2.94. The third kappa shape index (κ3) is 4.80. The number of esters is 1. The van der Waals surface area contributed by atoms with Gasteiger partial charge in [0, 0.05) is 50.9 Å². The average molecular weight is 473 g/mol. The molecule has 4 rings (SSSR count). The van der Waals surface area contributed by atoms with Gasteiger partial charge < -0.3 is 15.0 Å². The number of ether oxygens (including phenoxy) is 1. The van der Waals surface area contributed by atoms with E-state index in [0.717, 1.165) is 19.3 Å². The molecule has 1 saturated heterocycles. The summed E-state index contributed by atoms with van der Waals surface area (Å²) >= 11 is 0. The first kappa shape index (κ1) is 24.2. The van der Waals surface area contributed by atoms with Crippen LogP contribution in [0.4, 0.5) is 9.18 Å². The minimum absolute atomic E-state index is 0.0455. The zero-order chi connectivity index (χ0) is 24.4. The molecule has 3 amide bonds. The molecule has 184 valence electrons. The first-order valence-corrected chi connectivity index (χ1v) is 12.0. The second-order valence-electron chi connectivity index (χ2n) is 9.32. The number of hydrogen-bond acceptors (Lipinski definition) is 5. The molecule has 2 heterocycles. The normalized spacial score (nSPS) is 24.1. The molecule has 2 aliphatic heterocycles. The Kier molecular flexibility index (Phi) is 7.21. The quantitative estimate of drug-likeness (QED) is 0.644. The Morgan fingerprint density at radius 2 is 1.88 bits per heavy atom. The maximum atomic E-state index is 13.5. The number of nitrogens with one attached hydrogen (secondary N) is 1. The fraction of sp³-hybridized carbons (Fsp3) is 0.560. The van der Waals surface area contributed by atoms with Gasteiger partial charge in [-0.15, -0.1) is 0 Å². The highest BCUT2D eigenvalue weighted by atomic mass is 19.1. The number of rotatable bonds is 6. The van der Waals surface area contributed by atoms with Crippen molar-refractivity contribution < 1.29 is 23.5 Å². The van der Waals surface area contributed by atoms with E-state index < -0.39 is 17.8 Å². The number of hydrogen-bond donors (Lipinski definition) is 1. The van der Waals surface area contributed by atoms with Crippen LogP contribution in [0.25, 0.3) is 0 Å². The number of piperazine rings is 1. The summed E-state index contributed by atoms with van der Waals surface area (Å²) in [6.45, 7) is 6.26. The molecule has 0 bridgehead atoms. The zero-order valence-electron chi connectivity index (χ0n) is 20.1. The summed E-state index contributed by atoms with van der Waals surface area (Å²) in [5.74, 6) is -0.495. The lowest BCUT2D eigenvalue weighted by atomic mass is 9.84. The molecule has 1 saturated carbocycles. The van der Waals surface area contributed by atoms with Gasteiger partial charge >= 0.3 is 12.0 Å². The van der Waals surface area contributed by atoms with Crippen LogP contribution in [0, 0.1) is 11.7 Å². The van der Waals surface area contributed by atoms with Crippen molar-refractivity contribution in [1.29, 1.82) is 0 Å². The van der Waals surface area contributed by atoms with Gasteiger partial charge in [-0.25, -0.2) is 14.0 Å². The van der Waals surface area contributed by atoms with Crippen LogP contribution in [0.15, 0.2) is 35.5 Å². The third-order valence-electron chi connectivity index (χ3n) is 7.10. The predicted octanol–water partition coefficient (Wildman–Crippen LogP) is 2.67. The van der Waals surface area contributed by atoms with E-state index in [4.69, 9.17) is 4.74 Å². The highest BCUT2D eigenvalue weighted by Gasteiger charge is 2.39. The molecular formula is C25H33FN4O4. The molecule has 1 aromatic carbocycles. The monoisotopic (exact) mass is 472 g/mol. The lowest BCUT2D eigenvalue weighted by Crippen LogP contribution is -2.57. The van der Waals surface area contributed by atoms with Gasteiger partial charge in [-0.2, -0.15) is 0 Å². The number of nitrogens with zero attached hydrogens (tertiary/aromatic N) is 3. The Morgan fingerprint density at radius 1 is 1.18 bits per heavy atom. The Labute approximate surface area is 199 Å². The smallest absolute Gasteiger partial charge is 0.338 e. The molecule has 2 atom stereocenters. The second-order valence-corrected chi connectivity index (χ2v) is 9.32. The summed E-state index contributed by atoms with van der Waals surface area (Å²) in [6, 6.07) is 4.71. The van der Waals surface area contributed by atoms with Crippen LogP contribution in [0.5, 0.6) is 0 Å². The van der Waals surface area contributed by atoms with E-state index in [9.17, 15) is 18.8 Å². The largest absolute Gasteiger partial charge is 0.463 e. The van der Waals surface area contributed by atoms with Crippen molar-refractivity contribution in [1.82, 2.24) is 20.0 Å². The van der Waals surface area contributed by atoms with Crippen molar-refractivity contribution in [3.8, 4) is 0 Å². The minimum Gasteiger partial charge on any atom is -0.463 e. The van der Waals surface area contributed by atoms with Crippen LogP contribution < -0.4 is 5.32 Å². The lowest BCUT2D eigenvalue weighted by molar-refractivity contribution is -0.142. The maximum Gasteiger partial charge on any atom is 0.338 e. The van der Waals surface area contributed by atoms with E-state index in [1.54, 1.807) is 26.1 Å². The van der Waals surface area contributed by atoms with E-state index in [-0.39, 0.29) is 30.5 Å². The number of likely N-dealkylation sites (N-methyl/N-ethyl adjacent to an activating group) is 1. The van der Waals surface area contributed by atoms with E-state index >= 15 is 0 Å². The van der Waals surface area contributed by atoms with Crippen LogP contribution in [-0.2, 0) is 14.3 Å². The Morgan fingerprint density at radius 3 is 2.47 bits per heavy atom. The van der Waals surface area contributed by atoms with Crippen molar-refractivity contribution in [2.45, 2.75) is 45.2 Å². The number of carbonyl (C=O) groups excluding carboxylic acids is 3. The van der Waals surface area contributed by atoms with Crippen molar-refractivity contribution in [3.05, 3.63) is 46.9 Å². The molecule has 2 fully saturated rings. The zero-order valence-corrected chi connectivity index (χ0v) is 20.1. The average Bonchev–Trinajstić information content (AvgIpc) is 2.76. The van der Waals surface area contributed by atoms with Gasteiger partial charge in [-0.1, -0.05) is 18.6 Å². The molecule has 0 aromatic heterocycles. The molecule has 1 N–H and O–H groups in total. The SMILES string of the molecule is CCOC(=O)C1=C(CN2CCN(C(=O)C3CCC3)[C@@H](C)C2)N(C)C(=O)N[C@@H]1c1ccc(F)cc1.